The molecule has 0 radical (unpaired) electrons. The van der Waals surface area contributed by atoms with E-state index < -0.39 is 5.97 Å². The van der Waals surface area contributed by atoms with Crippen molar-refractivity contribution in [2.24, 2.45) is 0 Å². The van der Waals surface area contributed by atoms with Crippen molar-refractivity contribution in [1.29, 1.82) is 0 Å². The molecule has 1 aliphatic rings. The maximum atomic E-state index is 12.3. The van der Waals surface area contributed by atoms with Crippen molar-refractivity contribution >= 4 is 45.2 Å². The van der Waals surface area contributed by atoms with Gasteiger partial charge in [0, 0.05) is 40.1 Å². The van der Waals surface area contributed by atoms with E-state index in [1.165, 1.54) is 22.3 Å². The third-order valence-electron chi connectivity index (χ3n) is 3.20. The molecule has 1 aliphatic heterocycles. The van der Waals surface area contributed by atoms with Crippen molar-refractivity contribution in [3.8, 4) is 0 Å². The number of hydrogen-bond acceptors (Lipinski definition) is 4. The van der Waals surface area contributed by atoms with Crippen LogP contribution in [0, 0.1) is 0 Å². The summed E-state index contributed by atoms with van der Waals surface area (Å²) in [5, 5.41) is 10.9. The lowest BCUT2D eigenvalue weighted by molar-refractivity contribution is -0.145. The van der Waals surface area contributed by atoms with E-state index in [-0.39, 0.29) is 18.5 Å². The zero-order valence-electron chi connectivity index (χ0n) is 11.3. The molecule has 1 aromatic rings. The first-order valence-electron chi connectivity index (χ1n) is 6.58. The molecule has 0 aromatic carbocycles. The number of hydrogen-bond donors (Lipinski definition) is 1. The minimum atomic E-state index is -0.998. The fourth-order valence-electron chi connectivity index (χ4n) is 2.19. The second kappa shape index (κ2) is 7.72. The summed E-state index contributed by atoms with van der Waals surface area (Å²) in [5.41, 5.74) is 0. The molecule has 1 aromatic heterocycles. The van der Waals surface area contributed by atoms with Gasteiger partial charge >= 0.3 is 5.97 Å². The summed E-state index contributed by atoms with van der Waals surface area (Å²) in [4.78, 5) is 25.6. The quantitative estimate of drug-likeness (QED) is 0.805. The summed E-state index contributed by atoms with van der Waals surface area (Å²) in [6, 6.07) is 1.84. The molecular formula is C14H16BrNO4S. The van der Waals surface area contributed by atoms with Crippen molar-refractivity contribution in [1.82, 2.24) is 4.90 Å². The number of thiophene rings is 1. The number of carboxylic acids is 1. The normalized spacial score (nSPS) is 16.2. The number of nitrogens with zero attached hydrogens (tertiary/aromatic N) is 1. The zero-order valence-corrected chi connectivity index (χ0v) is 13.7. The molecule has 5 nitrogen and oxygen atoms in total. The van der Waals surface area contributed by atoms with Crippen LogP contribution in [0.25, 0.3) is 6.08 Å². The number of ether oxygens (including phenoxy) is 1. The van der Waals surface area contributed by atoms with Gasteiger partial charge in [-0.05, 0) is 40.9 Å². The van der Waals surface area contributed by atoms with E-state index in [0.29, 0.717) is 26.1 Å². The minimum absolute atomic E-state index is 0.0675. The Kier molecular flexibility index (Phi) is 5.96. The van der Waals surface area contributed by atoms with E-state index >= 15 is 0 Å². The molecule has 0 unspecified atom stereocenters. The Labute approximate surface area is 135 Å². The molecule has 1 N–H and O–H groups in total. The lowest BCUT2D eigenvalue weighted by atomic mass is 10.1. The maximum Gasteiger partial charge on any atom is 0.323 e. The first-order valence-corrected chi connectivity index (χ1v) is 8.26. The molecule has 1 fully saturated rings. The van der Waals surface area contributed by atoms with Crippen LogP contribution in [-0.4, -0.2) is 47.7 Å². The largest absolute Gasteiger partial charge is 0.480 e. The molecule has 2 heterocycles. The number of carboxylic acid groups (broad SMARTS) is 1. The summed E-state index contributed by atoms with van der Waals surface area (Å²) in [7, 11) is 0. The Morgan fingerprint density at radius 2 is 2.19 bits per heavy atom. The zero-order chi connectivity index (χ0) is 15.2. The van der Waals surface area contributed by atoms with E-state index in [1.54, 1.807) is 6.08 Å². The van der Waals surface area contributed by atoms with Crippen molar-refractivity contribution in [3.05, 3.63) is 26.9 Å². The Morgan fingerprint density at radius 3 is 2.76 bits per heavy atom. The molecule has 1 amide bonds. The Hall–Kier alpha value is -1.18. The minimum Gasteiger partial charge on any atom is -0.480 e. The summed E-state index contributed by atoms with van der Waals surface area (Å²) in [5.74, 6) is -1.27. The molecule has 0 spiro atoms. The van der Waals surface area contributed by atoms with E-state index in [9.17, 15) is 9.59 Å². The summed E-state index contributed by atoms with van der Waals surface area (Å²) < 4.78 is 6.22. The summed E-state index contributed by atoms with van der Waals surface area (Å²) in [6.07, 6.45) is 4.51. The molecule has 1 saturated heterocycles. The molecule has 0 saturated carbocycles. The molecule has 2 rings (SSSR count). The van der Waals surface area contributed by atoms with Gasteiger partial charge in [0.05, 0.1) is 0 Å². The van der Waals surface area contributed by atoms with E-state index in [1.807, 2.05) is 11.4 Å². The second-order valence-electron chi connectivity index (χ2n) is 4.70. The Balaban J connectivity index is 2.05. The highest BCUT2D eigenvalue weighted by atomic mass is 79.9. The van der Waals surface area contributed by atoms with E-state index in [2.05, 4.69) is 15.9 Å². The third-order valence-corrected chi connectivity index (χ3v) is 4.86. The predicted octanol–water partition coefficient (Wildman–Crippen LogP) is 2.62. The van der Waals surface area contributed by atoms with Gasteiger partial charge in [-0.25, -0.2) is 0 Å². The highest BCUT2D eigenvalue weighted by Gasteiger charge is 2.26. The number of rotatable bonds is 5. The molecular weight excluding hydrogens is 358 g/mol. The van der Waals surface area contributed by atoms with Crippen molar-refractivity contribution < 1.29 is 19.4 Å². The van der Waals surface area contributed by atoms with Gasteiger partial charge in [-0.3, -0.25) is 9.59 Å². The van der Waals surface area contributed by atoms with Crippen LogP contribution in [-0.2, 0) is 14.3 Å². The molecule has 0 aliphatic carbocycles. The van der Waals surface area contributed by atoms with Crippen LogP contribution >= 0.6 is 27.3 Å². The number of carbonyl (C=O) groups is 2. The highest BCUT2D eigenvalue weighted by molar-refractivity contribution is 9.10. The smallest absolute Gasteiger partial charge is 0.323 e. The molecule has 0 atom stereocenters. The van der Waals surface area contributed by atoms with Crippen molar-refractivity contribution in [3.63, 3.8) is 0 Å². The van der Waals surface area contributed by atoms with Crippen molar-refractivity contribution in [2.45, 2.75) is 18.9 Å². The van der Waals surface area contributed by atoms with Crippen LogP contribution in [0.4, 0.5) is 0 Å². The van der Waals surface area contributed by atoms with Crippen LogP contribution in [0.1, 0.15) is 17.7 Å². The van der Waals surface area contributed by atoms with Gasteiger partial charge in [0.15, 0.2) is 0 Å². The molecule has 7 heteroatoms. The van der Waals surface area contributed by atoms with Gasteiger partial charge < -0.3 is 14.7 Å². The van der Waals surface area contributed by atoms with Gasteiger partial charge in [0.1, 0.15) is 6.54 Å². The fraction of sp³-hybridized carbons (Fsp3) is 0.429. The van der Waals surface area contributed by atoms with Crippen molar-refractivity contribution in [2.75, 3.05) is 19.8 Å². The summed E-state index contributed by atoms with van der Waals surface area (Å²) in [6.45, 7) is 0.854. The first-order chi connectivity index (χ1) is 10.1. The highest BCUT2D eigenvalue weighted by Crippen LogP contribution is 2.21. The fourth-order valence-corrected chi connectivity index (χ4v) is 3.53. The number of carbonyl (C=O) groups excluding carboxylic acids is 1. The third kappa shape index (κ3) is 4.94. The second-order valence-corrected chi connectivity index (χ2v) is 6.56. The lowest BCUT2D eigenvalue weighted by Gasteiger charge is -2.32. The number of halogens is 1. The Morgan fingerprint density at radius 1 is 1.48 bits per heavy atom. The van der Waals surface area contributed by atoms with Gasteiger partial charge in [-0.2, -0.15) is 0 Å². The molecule has 0 bridgehead atoms. The van der Waals surface area contributed by atoms with Gasteiger partial charge in [0.25, 0.3) is 0 Å². The lowest BCUT2D eigenvalue weighted by Crippen LogP contribution is -2.45. The Bertz CT molecular complexity index is 537. The molecule has 21 heavy (non-hydrogen) atoms. The monoisotopic (exact) mass is 373 g/mol. The first kappa shape index (κ1) is 16.2. The average Bonchev–Trinajstić information content (AvgIpc) is 2.88. The molecule has 114 valence electrons. The van der Waals surface area contributed by atoms with Gasteiger partial charge in [-0.1, -0.05) is 0 Å². The maximum absolute atomic E-state index is 12.3. The van der Waals surface area contributed by atoms with Crippen LogP contribution in [0.15, 0.2) is 22.0 Å². The standard InChI is InChI=1S/C14H16BrNO4S/c15-10-7-12(21-9-10)1-2-13(17)16(8-14(18)19)11-3-5-20-6-4-11/h1-2,7,9,11H,3-6,8H2,(H,18,19)/b2-1+. The summed E-state index contributed by atoms with van der Waals surface area (Å²) >= 11 is 4.86. The average molecular weight is 374 g/mol. The van der Waals surface area contributed by atoms with E-state index in [4.69, 9.17) is 9.84 Å². The topological polar surface area (TPSA) is 66.8 Å². The van der Waals surface area contributed by atoms with Crippen LogP contribution in [0.5, 0.6) is 0 Å². The SMILES string of the molecule is O=C(O)CN(C(=O)/C=C/c1cc(Br)cs1)C1CCOCC1. The van der Waals surface area contributed by atoms with E-state index in [0.717, 1.165) is 9.35 Å². The van der Waals surface area contributed by atoms with Crippen LogP contribution in [0.3, 0.4) is 0 Å². The number of amides is 1. The number of aliphatic carboxylic acids is 1. The predicted molar refractivity (Wildman–Crippen MR) is 84.2 cm³/mol. The van der Waals surface area contributed by atoms with Gasteiger partial charge in [0.2, 0.25) is 5.91 Å². The van der Waals surface area contributed by atoms with Gasteiger partial charge in [-0.15, -0.1) is 11.3 Å². The van der Waals surface area contributed by atoms with Crippen LogP contribution in [0.2, 0.25) is 0 Å². The van der Waals surface area contributed by atoms with Crippen LogP contribution < -0.4 is 0 Å².